The molecule has 12 heavy (non-hydrogen) atoms. The predicted octanol–water partition coefficient (Wildman–Crippen LogP) is -0.300. The third-order valence-electron chi connectivity index (χ3n) is 1.55. The van der Waals surface area contributed by atoms with Crippen LogP contribution in [0.3, 0.4) is 0 Å². The third kappa shape index (κ3) is 2.87. The van der Waals surface area contributed by atoms with E-state index in [1.54, 1.807) is 0 Å². The normalized spacial score (nSPS) is 21.8. The Morgan fingerprint density at radius 2 is 2.50 bits per heavy atom. The lowest BCUT2D eigenvalue weighted by atomic mass is 10.3. The quantitative estimate of drug-likeness (QED) is 0.469. The summed E-state index contributed by atoms with van der Waals surface area (Å²) in [5.41, 5.74) is 0. The van der Waals surface area contributed by atoms with E-state index in [1.165, 1.54) is 0 Å². The number of carbonyl (C=O) groups is 2. The molecule has 1 rings (SSSR count). The molecule has 0 bridgehead atoms. The van der Waals surface area contributed by atoms with Gasteiger partial charge in [-0.25, -0.2) is 4.79 Å². The van der Waals surface area contributed by atoms with Gasteiger partial charge in [0.25, 0.3) is 0 Å². The summed E-state index contributed by atoms with van der Waals surface area (Å²) in [6.45, 7) is 1.28. The predicted molar refractivity (Wildman–Crippen MR) is 39.8 cm³/mol. The van der Waals surface area contributed by atoms with E-state index in [0.29, 0.717) is 12.8 Å². The van der Waals surface area contributed by atoms with Gasteiger partial charge in [0.05, 0.1) is 0 Å². The van der Waals surface area contributed by atoms with Gasteiger partial charge in [0.15, 0.2) is 12.9 Å². The van der Waals surface area contributed by atoms with Gasteiger partial charge < -0.3 is 14.8 Å². The molecule has 1 heterocycles. The molecule has 0 amide bonds. The third-order valence-corrected chi connectivity index (χ3v) is 1.55. The van der Waals surface area contributed by atoms with Gasteiger partial charge in [-0.05, 0) is 13.0 Å². The summed E-state index contributed by atoms with van der Waals surface area (Å²) in [5, 5.41) is 3.03. The average molecular weight is 173 g/mol. The van der Waals surface area contributed by atoms with E-state index >= 15 is 0 Å². The molecule has 0 saturated carbocycles. The summed E-state index contributed by atoms with van der Waals surface area (Å²) in [7, 11) is 0. The summed E-state index contributed by atoms with van der Waals surface area (Å²) in [6, 6.07) is 0. The molecule has 1 aliphatic rings. The average Bonchev–Trinajstić information content (AvgIpc) is 2.53. The van der Waals surface area contributed by atoms with E-state index in [4.69, 9.17) is 4.74 Å². The first kappa shape index (κ1) is 8.99. The molecule has 0 radical (unpaired) electrons. The lowest BCUT2D eigenvalue weighted by Crippen LogP contribution is -2.21. The van der Waals surface area contributed by atoms with Crippen molar-refractivity contribution in [1.82, 2.24) is 5.32 Å². The second-order valence-corrected chi connectivity index (χ2v) is 2.46. The highest BCUT2D eigenvalue weighted by atomic mass is 16.7. The molecule has 1 saturated heterocycles. The van der Waals surface area contributed by atoms with Gasteiger partial charge in [-0.2, -0.15) is 0 Å². The zero-order valence-electron chi connectivity index (χ0n) is 6.62. The van der Waals surface area contributed by atoms with Crippen molar-refractivity contribution in [2.24, 2.45) is 0 Å². The Hall–Kier alpha value is -1.10. The van der Waals surface area contributed by atoms with E-state index in [2.05, 4.69) is 10.1 Å². The van der Waals surface area contributed by atoms with Crippen molar-refractivity contribution in [3.63, 3.8) is 0 Å². The zero-order valence-corrected chi connectivity index (χ0v) is 6.62. The maximum atomic E-state index is 10.7. The Balaban J connectivity index is 2.11. The van der Waals surface area contributed by atoms with E-state index in [1.807, 2.05) is 0 Å². The highest BCUT2D eigenvalue weighted by Crippen LogP contribution is 2.03. The van der Waals surface area contributed by atoms with Gasteiger partial charge in [-0.15, -0.1) is 0 Å². The van der Waals surface area contributed by atoms with Crippen LogP contribution in [0.5, 0.6) is 0 Å². The molecule has 1 fully saturated rings. The van der Waals surface area contributed by atoms with Crippen LogP contribution in [0, 0.1) is 0 Å². The van der Waals surface area contributed by atoms with Crippen LogP contribution in [0.2, 0.25) is 0 Å². The van der Waals surface area contributed by atoms with Crippen LogP contribution in [-0.4, -0.2) is 38.2 Å². The number of nitrogens with one attached hydrogen (secondary N) is 1. The summed E-state index contributed by atoms with van der Waals surface area (Å²) in [5.74, 6) is 0. The standard InChI is InChI=1S/C7H11NO4/c9-3-4-11-7(10)12-6-1-2-8-5-6/h3,6,8H,1-2,4-5H2. The highest BCUT2D eigenvalue weighted by molar-refractivity contribution is 5.63. The Labute approximate surface area is 70.0 Å². The van der Waals surface area contributed by atoms with Crippen molar-refractivity contribution in [3.05, 3.63) is 0 Å². The number of hydrogen-bond donors (Lipinski definition) is 1. The van der Waals surface area contributed by atoms with Crippen LogP contribution in [0.25, 0.3) is 0 Å². The van der Waals surface area contributed by atoms with E-state index < -0.39 is 6.16 Å². The minimum absolute atomic E-state index is 0.107. The largest absolute Gasteiger partial charge is 0.509 e. The molecule has 1 N–H and O–H groups in total. The molecule has 0 aliphatic carbocycles. The summed E-state index contributed by atoms with van der Waals surface area (Å²) >= 11 is 0. The Bertz CT molecular complexity index is 165. The van der Waals surface area contributed by atoms with Gasteiger partial charge in [-0.3, -0.25) is 4.79 Å². The van der Waals surface area contributed by atoms with Crippen LogP contribution < -0.4 is 5.32 Å². The minimum Gasteiger partial charge on any atom is -0.430 e. The van der Waals surface area contributed by atoms with Gasteiger partial charge in [-0.1, -0.05) is 0 Å². The second-order valence-electron chi connectivity index (χ2n) is 2.46. The maximum Gasteiger partial charge on any atom is 0.509 e. The van der Waals surface area contributed by atoms with Crippen molar-refractivity contribution in [3.8, 4) is 0 Å². The first-order chi connectivity index (χ1) is 5.83. The topological polar surface area (TPSA) is 64.6 Å². The number of hydrogen-bond acceptors (Lipinski definition) is 5. The van der Waals surface area contributed by atoms with Crippen LogP contribution in [0.15, 0.2) is 0 Å². The molecule has 5 heteroatoms. The fourth-order valence-corrected chi connectivity index (χ4v) is 1.00. The first-order valence-electron chi connectivity index (χ1n) is 3.80. The van der Waals surface area contributed by atoms with E-state index in [9.17, 15) is 9.59 Å². The van der Waals surface area contributed by atoms with Crippen molar-refractivity contribution < 1.29 is 19.1 Å². The van der Waals surface area contributed by atoms with Gasteiger partial charge in [0, 0.05) is 6.54 Å². The van der Waals surface area contributed by atoms with E-state index in [-0.39, 0.29) is 12.7 Å². The van der Waals surface area contributed by atoms with Gasteiger partial charge in [0.1, 0.15) is 6.10 Å². The molecule has 5 nitrogen and oxygen atoms in total. The summed E-state index contributed by atoms with van der Waals surface area (Å²) in [6.07, 6.45) is 0.435. The lowest BCUT2D eigenvalue weighted by molar-refractivity contribution is -0.111. The number of ether oxygens (including phenoxy) is 2. The molecule has 1 atom stereocenters. The van der Waals surface area contributed by atoms with Gasteiger partial charge >= 0.3 is 6.16 Å². The number of rotatable bonds is 3. The Morgan fingerprint density at radius 1 is 1.67 bits per heavy atom. The Kier molecular flexibility index (Phi) is 3.53. The lowest BCUT2D eigenvalue weighted by Gasteiger charge is -2.08. The Morgan fingerprint density at radius 3 is 3.08 bits per heavy atom. The first-order valence-corrected chi connectivity index (χ1v) is 3.80. The molecule has 0 aromatic carbocycles. The second kappa shape index (κ2) is 4.71. The monoisotopic (exact) mass is 173 g/mol. The van der Waals surface area contributed by atoms with E-state index in [0.717, 1.165) is 13.0 Å². The molecular weight excluding hydrogens is 162 g/mol. The molecule has 1 aliphatic heterocycles. The van der Waals surface area contributed by atoms with Crippen LogP contribution in [0.1, 0.15) is 6.42 Å². The maximum absolute atomic E-state index is 10.7. The summed E-state index contributed by atoms with van der Waals surface area (Å²) < 4.78 is 9.23. The molecule has 0 aromatic heterocycles. The molecule has 0 spiro atoms. The molecular formula is C7H11NO4. The van der Waals surface area contributed by atoms with Crippen molar-refractivity contribution in [1.29, 1.82) is 0 Å². The highest BCUT2D eigenvalue weighted by Gasteiger charge is 2.19. The van der Waals surface area contributed by atoms with Crippen molar-refractivity contribution in [2.45, 2.75) is 12.5 Å². The molecule has 0 aromatic rings. The smallest absolute Gasteiger partial charge is 0.430 e. The minimum atomic E-state index is -0.768. The fraction of sp³-hybridized carbons (Fsp3) is 0.714. The van der Waals surface area contributed by atoms with Crippen molar-refractivity contribution >= 4 is 12.4 Å². The van der Waals surface area contributed by atoms with Crippen LogP contribution in [0.4, 0.5) is 4.79 Å². The van der Waals surface area contributed by atoms with Crippen molar-refractivity contribution in [2.75, 3.05) is 19.7 Å². The number of carbonyl (C=O) groups excluding carboxylic acids is 2. The molecule has 1 unspecified atom stereocenters. The zero-order chi connectivity index (χ0) is 8.81. The number of aldehydes is 1. The fourth-order valence-electron chi connectivity index (χ4n) is 1.00. The van der Waals surface area contributed by atoms with Crippen LogP contribution in [-0.2, 0) is 14.3 Å². The summed E-state index contributed by atoms with van der Waals surface area (Å²) in [4.78, 5) is 20.5. The van der Waals surface area contributed by atoms with Crippen LogP contribution >= 0.6 is 0 Å². The van der Waals surface area contributed by atoms with Gasteiger partial charge in [0.2, 0.25) is 0 Å². The molecule has 68 valence electrons. The SMILES string of the molecule is O=CCOC(=O)OC1CCNC1.